The Bertz CT molecular complexity index is 230. The van der Waals surface area contributed by atoms with E-state index in [-0.39, 0.29) is 11.8 Å². The number of hydrogen-bond acceptors (Lipinski definition) is 5. The van der Waals surface area contributed by atoms with Gasteiger partial charge in [-0.3, -0.25) is 4.90 Å². The Balaban J connectivity index is 2.61. The van der Waals surface area contributed by atoms with Crippen molar-refractivity contribution in [3.05, 3.63) is 0 Å². The minimum atomic E-state index is -0.322. The molecule has 18 heavy (non-hydrogen) atoms. The van der Waals surface area contributed by atoms with Crippen molar-refractivity contribution in [2.45, 2.75) is 31.6 Å². The lowest BCUT2D eigenvalue weighted by atomic mass is 9.95. The van der Waals surface area contributed by atoms with Crippen LogP contribution in [0.15, 0.2) is 0 Å². The number of methoxy groups -OCH3 is 2. The van der Waals surface area contributed by atoms with Crippen LogP contribution in [0.3, 0.4) is 0 Å². The third-order valence-corrected chi connectivity index (χ3v) is 4.01. The number of hydrogen-bond donors (Lipinski definition) is 1. The highest BCUT2D eigenvalue weighted by atomic mass is 16.7. The number of ether oxygens (including phenoxy) is 3. The van der Waals surface area contributed by atoms with E-state index in [4.69, 9.17) is 19.9 Å². The largest absolute Gasteiger partial charge is 0.381 e. The quantitative estimate of drug-likeness (QED) is 0.682. The van der Waals surface area contributed by atoms with Crippen LogP contribution in [0, 0.1) is 5.92 Å². The molecule has 5 heteroatoms. The van der Waals surface area contributed by atoms with Crippen molar-refractivity contribution in [3.8, 4) is 0 Å². The van der Waals surface area contributed by atoms with E-state index >= 15 is 0 Å². The van der Waals surface area contributed by atoms with Crippen LogP contribution in [0.5, 0.6) is 0 Å². The van der Waals surface area contributed by atoms with Gasteiger partial charge in [-0.1, -0.05) is 0 Å². The molecule has 1 aliphatic rings. The maximum atomic E-state index is 5.93. The second-order valence-corrected chi connectivity index (χ2v) is 5.33. The molecule has 2 N–H and O–H groups in total. The number of rotatable bonds is 7. The van der Waals surface area contributed by atoms with Crippen LogP contribution >= 0.6 is 0 Å². The van der Waals surface area contributed by atoms with Crippen LogP contribution in [0.1, 0.15) is 19.8 Å². The van der Waals surface area contributed by atoms with Gasteiger partial charge in [-0.25, -0.2) is 0 Å². The summed E-state index contributed by atoms with van der Waals surface area (Å²) >= 11 is 0. The van der Waals surface area contributed by atoms with Crippen molar-refractivity contribution in [1.82, 2.24) is 4.90 Å². The molecule has 2 atom stereocenters. The number of likely N-dealkylation sites (N-methyl/N-ethyl adjacent to an activating group) is 1. The Kier molecular flexibility index (Phi) is 6.52. The van der Waals surface area contributed by atoms with Gasteiger partial charge >= 0.3 is 0 Å². The summed E-state index contributed by atoms with van der Waals surface area (Å²) in [5.41, 5.74) is 5.61. The van der Waals surface area contributed by atoms with Crippen molar-refractivity contribution in [2.24, 2.45) is 11.7 Å². The SMILES string of the molecule is COC(OC)C(C)(CN)N(C)CC1CCCOC1. The zero-order chi connectivity index (χ0) is 13.6. The van der Waals surface area contributed by atoms with Crippen LogP contribution in [0.4, 0.5) is 0 Å². The second-order valence-electron chi connectivity index (χ2n) is 5.33. The highest BCUT2D eigenvalue weighted by Crippen LogP contribution is 2.23. The summed E-state index contributed by atoms with van der Waals surface area (Å²) in [5.74, 6) is 0.573. The van der Waals surface area contributed by atoms with E-state index in [1.165, 1.54) is 6.42 Å². The van der Waals surface area contributed by atoms with Gasteiger partial charge in [-0.15, -0.1) is 0 Å². The second kappa shape index (κ2) is 7.40. The van der Waals surface area contributed by atoms with Gasteiger partial charge in [-0.05, 0) is 32.7 Å². The van der Waals surface area contributed by atoms with Gasteiger partial charge < -0.3 is 19.9 Å². The third kappa shape index (κ3) is 3.65. The van der Waals surface area contributed by atoms with E-state index in [1.54, 1.807) is 14.2 Å². The van der Waals surface area contributed by atoms with Crippen molar-refractivity contribution >= 4 is 0 Å². The standard InChI is InChI=1S/C13H28N2O3/c1-13(10-14,12(16-3)17-4)15(2)8-11-6-5-7-18-9-11/h11-12H,5-10,14H2,1-4H3. The normalized spacial score (nSPS) is 24.5. The van der Waals surface area contributed by atoms with Crippen LogP contribution < -0.4 is 5.73 Å². The predicted molar refractivity (Wildman–Crippen MR) is 71.4 cm³/mol. The molecule has 0 bridgehead atoms. The Hall–Kier alpha value is -0.200. The summed E-state index contributed by atoms with van der Waals surface area (Å²) in [4.78, 5) is 2.24. The maximum Gasteiger partial charge on any atom is 0.176 e. The maximum absolute atomic E-state index is 5.93. The molecular weight excluding hydrogens is 232 g/mol. The molecule has 0 aromatic carbocycles. The lowest BCUT2D eigenvalue weighted by molar-refractivity contribution is -0.179. The Morgan fingerprint density at radius 2 is 2.11 bits per heavy atom. The van der Waals surface area contributed by atoms with Gasteiger partial charge in [-0.2, -0.15) is 0 Å². The highest BCUT2D eigenvalue weighted by molar-refractivity contribution is 4.90. The summed E-state index contributed by atoms with van der Waals surface area (Å²) in [6.45, 7) is 5.26. The molecule has 2 unspecified atom stereocenters. The molecule has 0 aromatic rings. The monoisotopic (exact) mass is 260 g/mol. The van der Waals surface area contributed by atoms with Crippen molar-refractivity contribution < 1.29 is 14.2 Å². The molecule has 5 nitrogen and oxygen atoms in total. The minimum absolute atomic E-state index is 0.319. The topological polar surface area (TPSA) is 57.0 Å². The molecular formula is C13H28N2O3. The smallest absolute Gasteiger partial charge is 0.176 e. The predicted octanol–water partition coefficient (Wildman–Crippen LogP) is 0.681. The average Bonchev–Trinajstić information content (AvgIpc) is 2.40. The van der Waals surface area contributed by atoms with E-state index in [1.807, 2.05) is 0 Å². The van der Waals surface area contributed by atoms with E-state index in [0.29, 0.717) is 12.5 Å². The van der Waals surface area contributed by atoms with Gasteiger partial charge in [0, 0.05) is 33.9 Å². The molecule has 108 valence electrons. The summed E-state index contributed by atoms with van der Waals surface area (Å²) in [6, 6.07) is 0. The van der Waals surface area contributed by atoms with Crippen LogP contribution in [-0.4, -0.2) is 64.3 Å². The first-order chi connectivity index (χ1) is 8.58. The minimum Gasteiger partial charge on any atom is -0.381 e. The lowest BCUT2D eigenvalue weighted by Crippen LogP contribution is -2.60. The summed E-state index contributed by atoms with van der Waals surface area (Å²) in [7, 11) is 5.38. The molecule has 0 aliphatic carbocycles. The van der Waals surface area contributed by atoms with Gasteiger partial charge in [0.1, 0.15) is 0 Å². The lowest BCUT2D eigenvalue weighted by Gasteiger charge is -2.43. The summed E-state index contributed by atoms with van der Waals surface area (Å²) < 4.78 is 16.3. The Morgan fingerprint density at radius 3 is 2.56 bits per heavy atom. The van der Waals surface area contributed by atoms with Gasteiger partial charge in [0.2, 0.25) is 0 Å². The first kappa shape index (κ1) is 15.9. The average molecular weight is 260 g/mol. The number of nitrogens with two attached hydrogens (primary N) is 1. The molecule has 1 aliphatic heterocycles. The summed E-state index contributed by atoms with van der Waals surface area (Å²) in [6.07, 6.45) is 2.04. The first-order valence-corrected chi connectivity index (χ1v) is 6.63. The third-order valence-electron chi connectivity index (χ3n) is 4.01. The van der Waals surface area contributed by atoms with Crippen molar-refractivity contribution in [1.29, 1.82) is 0 Å². The van der Waals surface area contributed by atoms with Gasteiger partial charge in [0.05, 0.1) is 12.1 Å². The van der Waals surface area contributed by atoms with Crippen LogP contribution in [-0.2, 0) is 14.2 Å². The molecule has 0 spiro atoms. The van der Waals surface area contributed by atoms with E-state index in [0.717, 1.165) is 26.2 Å². The Morgan fingerprint density at radius 1 is 1.44 bits per heavy atom. The van der Waals surface area contributed by atoms with E-state index in [9.17, 15) is 0 Å². The highest BCUT2D eigenvalue weighted by Gasteiger charge is 2.38. The molecule has 1 fully saturated rings. The fourth-order valence-corrected chi connectivity index (χ4v) is 2.58. The zero-order valence-electron chi connectivity index (χ0n) is 12.1. The molecule has 1 rings (SSSR count). The molecule has 1 saturated heterocycles. The van der Waals surface area contributed by atoms with Crippen molar-refractivity contribution in [3.63, 3.8) is 0 Å². The summed E-state index contributed by atoms with van der Waals surface area (Å²) in [5, 5.41) is 0. The fraction of sp³-hybridized carbons (Fsp3) is 1.00. The van der Waals surface area contributed by atoms with Crippen molar-refractivity contribution in [2.75, 3.05) is 47.6 Å². The van der Waals surface area contributed by atoms with Gasteiger partial charge in [0.15, 0.2) is 6.29 Å². The van der Waals surface area contributed by atoms with E-state index < -0.39 is 0 Å². The molecule has 1 heterocycles. The molecule has 0 aromatic heterocycles. The molecule has 0 amide bonds. The van der Waals surface area contributed by atoms with Gasteiger partial charge in [0.25, 0.3) is 0 Å². The Labute approximate surface area is 111 Å². The number of nitrogens with zero attached hydrogens (tertiary/aromatic N) is 1. The fourth-order valence-electron chi connectivity index (χ4n) is 2.58. The zero-order valence-corrected chi connectivity index (χ0v) is 12.1. The van der Waals surface area contributed by atoms with Crippen LogP contribution in [0.2, 0.25) is 0 Å². The van der Waals surface area contributed by atoms with E-state index in [2.05, 4.69) is 18.9 Å². The molecule has 0 radical (unpaired) electrons. The van der Waals surface area contributed by atoms with Crippen LogP contribution in [0.25, 0.3) is 0 Å². The molecule has 0 saturated carbocycles. The first-order valence-electron chi connectivity index (χ1n) is 6.63.